The van der Waals surface area contributed by atoms with Crippen LogP contribution in [0.1, 0.15) is 41.4 Å². The lowest BCUT2D eigenvalue weighted by atomic mass is 10.2. The van der Waals surface area contributed by atoms with E-state index in [-0.39, 0.29) is 12.7 Å². The van der Waals surface area contributed by atoms with E-state index in [1.807, 2.05) is 6.92 Å². The number of hydrogen-bond donors (Lipinski definition) is 1. The van der Waals surface area contributed by atoms with Gasteiger partial charge in [-0.15, -0.1) is 0 Å². The monoisotopic (exact) mass is 362 g/mol. The molecule has 0 unspecified atom stereocenters. The van der Waals surface area contributed by atoms with Crippen molar-refractivity contribution in [3.05, 3.63) is 40.2 Å². The number of nitrogens with one attached hydrogen (secondary N) is 1. The second-order valence-corrected chi connectivity index (χ2v) is 5.99. The van der Waals surface area contributed by atoms with Gasteiger partial charge in [-0.2, -0.15) is 10.2 Å². The van der Waals surface area contributed by atoms with Crippen molar-refractivity contribution in [1.29, 1.82) is 0 Å². The minimum absolute atomic E-state index is 0.165. The fourth-order valence-corrected chi connectivity index (χ4v) is 2.74. The van der Waals surface area contributed by atoms with Gasteiger partial charge in [0.05, 0.1) is 17.5 Å². The molecule has 1 aliphatic rings. The lowest BCUT2D eigenvalue weighted by Gasteiger charge is -2.02. The third-order valence-corrected chi connectivity index (χ3v) is 4.23. The quantitative estimate of drug-likeness (QED) is 0.632. The number of ether oxygens (including phenoxy) is 2. The largest absolute Gasteiger partial charge is 0.454 e. The summed E-state index contributed by atoms with van der Waals surface area (Å²) in [6.07, 6.45) is 3.57. The third kappa shape index (κ3) is 3.76. The highest BCUT2D eigenvalue weighted by molar-refractivity contribution is 6.32. The van der Waals surface area contributed by atoms with Crippen LogP contribution in [0.15, 0.2) is 23.3 Å². The Hall–Kier alpha value is -2.54. The van der Waals surface area contributed by atoms with E-state index in [0.717, 1.165) is 25.1 Å². The molecule has 8 heteroatoms. The Labute approximate surface area is 150 Å². The van der Waals surface area contributed by atoms with E-state index in [4.69, 9.17) is 21.1 Å². The van der Waals surface area contributed by atoms with Gasteiger partial charge >= 0.3 is 0 Å². The van der Waals surface area contributed by atoms with Crippen molar-refractivity contribution in [2.24, 2.45) is 5.10 Å². The van der Waals surface area contributed by atoms with Crippen LogP contribution in [0.3, 0.4) is 0 Å². The number of aryl methyl sites for hydroxylation is 2. The molecule has 7 nitrogen and oxygen atoms in total. The van der Waals surface area contributed by atoms with Crippen molar-refractivity contribution >= 4 is 23.7 Å². The third-order valence-electron chi connectivity index (χ3n) is 3.83. The van der Waals surface area contributed by atoms with E-state index >= 15 is 0 Å². The average molecular weight is 363 g/mol. The first-order chi connectivity index (χ1) is 12.1. The molecule has 1 N–H and O–H groups in total. The Morgan fingerprint density at radius 1 is 1.44 bits per heavy atom. The molecule has 0 aliphatic carbocycles. The molecule has 2 heterocycles. The number of benzene rings is 1. The second-order valence-electron chi connectivity index (χ2n) is 5.63. The Morgan fingerprint density at radius 3 is 3.04 bits per heavy atom. The van der Waals surface area contributed by atoms with Crippen LogP contribution in [0.25, 0.3) is 0 Å². The molecule has 0 fully saturated rings. The molecule has 2 aromatic rings. The number of amides is 1. The van der Waals surface area contributed by atoms with Crippen LogP contribution in [0.2, 0.25) is 5.15 Å². The summed E-state index contributed by atoms with van der Waals surface area (Å²) in [4.78, 5) is 12.2. The summed E-state index contributed by atoms with van der Waals surface area (Å²) in [7, 11) is 0. The van der Waals surface area contributed by atoms with Crippen LogP contribution in [-0.4, -0.2) is 28.7 Å². The lowest BCUT2D eigenvalue weighted by molar-refractivity contribution is 0.0954. The number of halogens is 1. The normalized spacial score (nSPS) is 12.8. The van der Waals surface area contributed by atoms with Crippen molar-refractivity contribution < 1.29 is 14.3 Å². The zero-order chi connectivity index (χ0) is 17.8. The highest BCUT2D eigenvalue weighted by atomic mass is 35.5. The Kier molecular flexibility index (Phi) is 5.23. The summed E-state index contributed by atoms with van der Waals surface area (Å²) in [5, 5.41) is 8.91. The van der Waals surface area contributed by atoms with Gasteiger partial charge in [0.25, 0.3) is 5.91 Å². The summed E-state index contributed by atoms with van der Waals surface area (Å²) in [6.45, 7) is 4.89. The first-order valence-electron chi connectivity index (χ1n) is 8.06. The molecule has 25 heavy (non-hydrogen) atoms. The van der Waals surface area contributed by atoms with Gasteiger partial charge in [0.15, 0.2) is 11.5 Å². The van der Waals surface area contributed by atoms with Gasteiger partial charge in [0.1, 0.15) is 5.15 Å². The van der Waals surface area contributed by atoms with Crippen LogP contribution in [0, 0.1) is 6.92 Å². The predicted octanol–water partition coefficient (Wildman–Crippen LogP) is 3.14. The number of nitrogens with zero attached hydrogens (tertiary/aromatic N) is 3. The first-order valence-corrected chi connectivity index (χ1v) is 8.44. The molecule has 1 aromatic heterocycles. The second kappa shape index (κ2) is 7.57. The zero-order valence-electron chi connectivity index (χ0n) is 14.1. The molecule has 1 amide bonds. The van der Waals surface area contributed by atoms with Gasteiger partial charge in [0.2, 0.25) is 6.79 Å². The fourth-order valence-electron chi connectivity index (χ4n) is 2.43. The van der Waals surface area contributed by atoms with Crippen molar-refractivity contribution in [3.63, 3.8) is 0 Å². The van der Waals surface area contributed by atoms with Gasteiger partial charge in [-0.05, 0) is 31.5 Å². The number of hydrazone groups is 1. The smallest absolute Gasteiger partial charge is 0.271 e. The maximum atomic E-state index is 12.2. The highest BCUT2D eigenvalue weighted by Gasteiger charge is 2.16. The van der Waals surface area contributed by atoms with Crippen molar-refractivity contribution in [2.45, 2.75) is 33.2 Å². The van der Waals surface area contributed by atoms with Gasteiger partial charge in [0, 0.05) is 12.1 Å². The Morgan fingerprint density at radius 2 is 2.24 bits per heavy atom. The lowest BCUT2D eigenvalue weighted by Crippen LogP contribution is -2.17. The van der Waals surface area contributed by atoms with E-state index < -0.39 is 0 Å². The summed E-state index contributed by atoms with van der Waals surface area (Å²) in [6, 6.07) is 4.97. The molecule has 1 aliphatic heterocycles. The number of hydrogen-bond acceptors (Lipinski definition) is 5. The number of carbonyl (C=O) groups excluding carboxylic acids is 1. The van der Waals surface area contributed by atoms with Crippen LogP contribution < -0.4 is 14.9 Å². The van der Waals surface area contributed by atoms with Gasteiger partial charge in [-0.3, -0.25) is 9.48 Å². The minimum Gasteiger partial charge on any atom is -0.454 e. The van der Waals surface area contributed by atoms with E-state index in [9.17, 15) is 4.79 Å². The minimum atomic E-state index is -0.346. The van der Waals surface area contributed by atoms with E-state index in [0.29, 0.717) is 27.8 Å². The highest BCUT2D eigenvalue weighted by Crippen LogP contribution is 2.32. The number of rotatable bonds is 6. The molecule has 0 bridgehead atoms. The maximum Gasteiger partial charge on any atom is 0.271 e. The average Bonchev–Trinajstić information content (AvgIpc) is 3.18. The molecule has 0 atom stereocenters. The molecule has 0 saturated carbocycles. The summed E-state index contributed by atoms with van der Waals surface area (Å²) < 4.78 is 12.2. The van der Waals surface area contributed by atoms with Crippen LogP contribution in [0.5, 0.6) is 11.5 Å². The molecular weight excluding hydrogens is 344 g/mol. The topological polar surface area (TPSA) is 77.7 Å². The summed E-state index contributed by atoms with van der Waals surface area (Å²) in [5.41, 5.74) is 4.38. The summed E-state index contributed by atoms with van der Waals surface area (Å²) in [5.74, 6) is 0.830. The molecule has 132 valence electrons. The van der Waals surface area contributed by atoms with Crippen molar-refractivity contribution in [3.8, 4) is 11.5 Å². The van der Waals surface area contributed by atoms with Gasteiger partial charge in [-0.1, -0.05) is 24.9 Å². The molecule has 0 saturated heterocycles. The standard InChI is InChI=1S/C17H19ClN4O3/c1-3-4-7-22-16(18)13(11(2)21-22)9-19-20-17(23)12-5-6-14-15(8-12)25-10-24-14/h5-6,8-9H,3-4,7,10H2,1-2H3,(H,20,23)/b19-9-. The molecular formula is C17H19ClN4O3. The fraction of sp³-hybridized carbons (Fsp3) is 0.353. The van der Waals surface area contributed by atoms with Crippen molar-refractivity contribution in [2.75, 3.05) is 6.79 Å². The van der Waals surface area contributed by atoms with E-state index in [2.05, 4.69) is 22.5 Å². The van der Waals surface area contributed by atoms with Crippen LogP contribution in [0.4, 0.5) is 0 Å². The van der Waals surface area contributed by atoms with E-state index in [1.165, 1.54) is 6.21 Å². The van der Waals surface area contributed by atoms with Crippen LogP contribution >= 0.6 is 11.6 Å². The first kappa shape index (κ1) is 17.3. The van der Waals surface area contributed by atoms with Crippen molar-refractivity contribution in [1.82, 2.24) is 15.2 Å². The number of unbranched alkanes of at least 4 members (excludes halogenated alkanes) is 1. The number of fused-ring (bicyclic) bond motifs is 1. The number of carbonyl (C=O) groups is 1. The summed E-state index contributed by atoms with van der Waals surface area (Å²) >= 11 is 6.33. The Bertz CT molecular complexity index is 816. The van der Waals surface area contributed by atoms with E-state index in [1.54, 1.807) is 22.9 Å². The van der Waals surface area contributed by atoms with Crippen LogP contribution in [-0.2, 0) is 6.54 Å². The zero-order valence-corrected chi connectivity index (χ0v) is 14.8. The maximum absolute atomic E-state index is 12.2. The predicted molar refractivity (Wildman–Crippen MR) is 94.5 cm³/mol. The molecule has 1 aromatic carbocycles. The SMILES string of the molecule is CCCCn1nc(C)c(/C=N\NC(=O)c2ccc3c(c2)OCO3)c1Cl. The van der Waals surface area contributed by atoms with Gasteiger partial charge < -0.3 is 9.47 Å². The Balaban J connectivity index is 1.67. The molecule has 0 spiro atoms. The van der Waals surface area contributed by atoms with Gasteiger partial charge in [-0.25, -0.2) is 5.43 Å². The number of aromatic nitrogens is 2. The molecule has 0 radical (unpaired) electrons. The molecule has 3 rings (SSSR count).